The van der Waals surface area contributed by atoms with E-state index in [1.165, 1.54) is 109 Å². The van der Waals surface area contributed by atoms with Gasteiger partial charge >= 0.3 is 0 Å². The molecule has 2 nitrogen and oxygen atoms in total. The molecule has 0 amide bonds. The average molecular weight is 336 g/mol. The molecule has 0 fully saturated rings. The van der Waals surface area contributed by atoms with Gasteiger partial charge < -0.3 is 0 Å². The van der Waals surface area contributed by atoms with Gasteiger partial charge in [-0.25, -0.2) is 9.13 Å². The Hall–Kier alpha value is -0.790. The highest BCUT2D eigenvalue weighted by Crippen LogP contribution is 2.12. The number of nitrogens with zero attached hydrogens (tertiary/aromatic N) is 2. The molecule has 140 valence electrons. The highest BCUT2D eigenvalue weighted by atomic mass is 15.1. The van der Waals surface area contributed by atoms with Gasteiger partial charge in [0.05, 0.1) is 13.6 Å². The molecule has 24 heavy (non-hydrogen) atoms. The lowest BCUT2D eigenvalue weighted by atomic mass is 10.1. The van der Waals surface area contributed by atoms with Crippen molar-refractivity contribution in [2.75, 3.05) is 0 Å². The molecule has 1 rings (SSSR count). The number of hydrogen-bond donors (Lipinski definition) is 0. The predicted molar refractivity (Wildman–Crippen MR) is 105 cm³/mol. The first-order chi connectivity index (χ1) is 11.8. The van der Waals surface area contributed by atoms with Crippen LogP contribution in [0.2, 0.25) is 0 Å². The maximum absolute atomic E-state index is 2.50. The zero-order chi connectivity index (χ0) is 17.5. The molecule has 0 spiro atoms. The van der Waals surface area contributed by atoms with Gasteiger partial charge in [0.25, 0.3) is 5.82 Å². The van der Waals surface area contributed by atoms with Gasteiger partial charge in [-0.05, 0) is 19.3 Å². The van der Waals surface area contributed by atoms with E-state index in [9.17, 15) is 0 Å². The lowest BCUT2D eigenvalue weighted by Crippen LogP contribution is -2.32. The largest absolute Gasteiger partial charge is 0.256 e. The zero-order valence-electron chi connectivity index (χ0n) is 16.9. The number of unbranched alkanes of at least 4 members (excludes halogenated alkanes) is 12. The Morgan fingerprint density at radius 1 is 0.708 bits per heavy atom. The van der Waals surface area contributed by atoms with Crippen LogP contribution in [0.25, 0.3) is 0 Å². The zero-order valence-corrected chi connectivity index (χ0v) is 16.9. The van der Waals surface area contributed by atoms with Gasteiger partial charge in [0.1, 0.15) is 12.4 Å². The number of hydrogen-bond acceptors (Lipinski definition) is 0. The summed E-state index contributed by atoms with van der Waals surface area (Å²) in [5.74, 6) is 1.52. The monoisotopic (exact) mass is 335 g/mol. The van der Waals surface area contributed by atoms with Gasteiger partial charge in [-0.1, -0.05) is 84.5 Å². The van der Waals surface area contributed by atoms with E-state index in [1.54, 1.807) is 0 Å². The molecule has 0 aliphatic heterocycles. The molecule has 0 unspecified atom stereocenters. The minimum atomic E-state index is 1.21. The lowest BCUT2D eigenvalue weighted by Gasteiger charge is -2.04. The molecule has 0 N–H and O–H groups in total. The molecule has 1 aromatic rings. The second kappa shape index (κ2) is 14.5. The minimum absolute atomic E-state index is 1.21. The van der Waals surface area contributed by atoms with Gasteiger partial charge in [0.2, 0.25) is 0 Å². The van der Waals surface area contributed by atoms with E-state index >= 15 is 0 Å². The minimum Gasteiger partial charge on any atom is -0.237 e. The topological polar surface area (TPSA) is 8.81 Å². The van der Waals surface area contributed by atoms with E-state index in [0.717, 1.165) is 0 Å². The van der Waals surface area contributed by atoms with Crippen molar-refractivity contribution in [2.24, 2.45) is 7.05 Å². The molecule has 0 aromatic carbocycles. The van der Waals surface area contributed by atoms with Crippen LogP contribution in [-0.4, -0.2) is 4.57 Å². The molecule has 0 atom stereocenters. The van der Waals surface area contributed by atoms with Gasteiger partial charge in [-0.15, -0.1) is 0 Å². The molecule has 0 bridgehead atoms. The van der Waals surface area contributed by atoms with Crippen molar-refractivity contribution in [3.8, 4) is 0 Å². The van der Waals surface area contributed by atoms with Crippen molar-refractivity contribution in [3.63, 3.8) is 0 Å². The van der Waals surface area contributed by atoms with Crippen LogP contribution >= 0.6 is 0 Å². The van der Waals surface area contributed by atoms with Crippen LogP contribution in [0.4, 0.5) is 0 Å². The summed E-state index contributed by atoms with van der Waals surface area (Å²) in [4.78, 5) is 0. The lowest BCUT2D eigenvalue weighted by molar-refractivity contribution is -0.678. The van der Waals surface area contributed by atoms with Gasteiger partial charge in [0.15, 0.2) is 0 Å². The van der Waals surface area contributed by atoms with Crippen molar-refractivity contribution in [1.29, 1.82) is 0 Å². The summed E-state index contributed by atoms with van der Waals surface area (Å²) < 4.78 is 4.83. The Morgan fingerprint density at radius 2 is 1.21 bits per heavy atom. The molecule has 1 heterocycles. The Kier molecular flexibility index (Phi) is 12.9. The standard InChI is InChI=1S/C22H43N2/c1-4-6-8-10-11-12-13-14-16-18-22-23(3)20-21-24(22)19-17-15-9-7-5-2/h20-21H,4-19H2,1-3H3/q+1. The summed E-state index contributed by atoms with van der Waals surface area (Å²) in [7, 11) is 2.21. The van der Waals surface area contributed by atoms with Crippen molar-refractivity contribution in [1.82, 2.24) is 4.57 Å². The van der Waals surface area contributed by atoms with Crippen molar-refractivity contribution in [2.45, 2.75) is 117 Å². The first-order valence-electron chi connectivity index (χ1n) is 10.8. The van der Waals surface area contributed by atoms with Crippen LogP contribution in [0, 0.1) is 0 Å². The normalized spacial score (nSPS) is 11.3. The Morgan fingerprint density at radius 3 is 1.79 bits per heavy atom. The van der Waals surface area contributed by atoms with Crippen LogP contribution in [0.1, 0.15) is 110 Å². The van der Waals surface area contributed by atoms with Crippen molar-refractivity contribution >= 4 is 0 Å². The van der Waals surface area contributed by atoms with E-state index in [4.69, 9.17) is 0 Å². The summed E-state index contributed by atoms with van der Waals surface area (Å²) in [6.07, 6.45) is 25.3. The van der Waals surface area contributed by atoms with Crippen LogP contribution in [-0.2, 0) is 20.0 Å². The quantitative estimate of drug-likeness (QED) is 0.246. The molecule has 0 saturated heterocycles. The van der Waals surface area contributed by atoms with E-state index in [2.05, 4.69) is 42.4 Å². The van der Waals surface area contributed by atoms with E-state index in [0.29, 0.717) is 0 Å². The summed E-state index contributed by atoms with van der Waals surface area (Å²) >= 11 is 0. The van der Waals surface area contributed by atoms with E-state index in [-0.39, 0.29) is 0 Å². The SMILES string of the molecule is CCCCCCCCCCCc1n(CCCCCCC)cc[n+]1C. The van der Waals surface area contributed by atoms with Crippen molar-refractivity contribution in [3.05, 3.63) is 18.2 Å². The second-order valence-electron chi connectivity index (χ2n) is 7.51. The maximum Gasteiger partial charge on any atom is 0.256 e. The highest BCUT2D eigenvalue weighted by Gasteiger charge is 2.13. The predicted octanol–water partition coefficient (Wildman–Crippen LogP) is 6.36. The Labute approximate surface area is 151 Å². The molecule has 0 aliphatic rings. The van der Waals surface area contributed by atoms with Crippen molar-refractivity contribution < 1.29 is 4.57 Å². The third kappa shape index (κ3) is 9.49. The van der Waals surface area contributed by atoms with E-state index in [1.807, 2.05) is 0 Å². The molecular formula is C22H43N2+. The first-order valence-corrected chi connectivity index (χ1v) is 10.8. The fourth-order valence-corrected chi connectivity index (χ4v) is 3.56. The maximum atomic E-state index is 2.50. The number of rotatable bonds is 16. The summed E-state index contributed by atoms with van der Waals surface area (Å²) in [5.41, 5.74) is 0. The van der Waals surface area contributed by atoms with Crippen LogP contribution in [0.3, 0.4) is 0 Å². The molecular weight excluding hydrogens is 292 g/mol. The van der Waals surface area contributed by atoms with E-state index < -0.39 is 0 Å². The Balaban J connectivity index is 2.12. The van der Waals surface area contributed by atoms with Gasteiger partial charge in [-0.2, -0.15) is 0 Å². The fourth-order valence-electron chi connectivity index (χ4n) is 3.56. The molecule has 0 radical (unpaired) electrons. The first kappa shape index (κ1) is 21.3. The summed E-state index contributed by atoms with van der Waals surface area (Å²) in [6.45, 7) is 5.79. The number of aromatic nitrogens is 2. The second-order valence-corrected chi connectivity index (χ2v) is 7.51. The summed E-state index contributed by atoms with van der Waals surface area (Å²) in [5, 5.41) is 0. The fraction of sp³-hybridized carbons (Fsp3) is 0.864. The van der Waals surface area contributed by atoms with Crippen LogP contribution < -0.4 is 4.57 Å². The van der Waals surface area contributed by atoms with Crippen LogP contribution in [0.5, 0.6) is 0 Å². The van der Waals surface area contributed by atoms with Gasteiger partial charge in [-0.3, -0.25) is 0 Å². The number of imidazole rings is 1. The highest BCUT2D eigenvalue weighted by molar-refractivity contribution is 4.84. The molecule has 1 aromatic heterocycles. The molecule has 0 aliphatic carbocycles. The Bertz CT molecular complexity index is 395. The average Bonchev–Trinajstić information content (AvgIpc) is 2.93. The molecule has 2 heteroatoms. The van der Waals surface area contributed by atoms with Crippen LogP contribution in [0.15, 0.2) is 12.4 Å². The van der Waals surface area contributed by atoms with Gasteiger partial charge in [0, 0.05) is 6.42 Å². The third-order valence-corrected chi connectivity index (χ3v) is 5.22. The number of aryl methyl sites for hydroxylation is 2. The smallest absolute Gasteiger partial charge is 0.237 e. The molecule has 0 saturated carbocycles. The third-order valence-electron chi connectivity index (χ3n) is 5.22. The summed E-state index contributed by atoms with van der Waals surface area (Å²) in [6, 6.07) is 0.